The summed E-state index contributed by atoms with van der Waals surface area (Å²) in [5.41, 5.74) is 1.74. The number of aromatic nitrogens is 1. The predicted molar refractivity (Wildman–Crippen MR) is 112 cm³/mol. The van der Waals surface area contributed by atoms with Gasteiger partial charge < -0.3 is 15.4 Å². The number of carbonyl (C=O) groups excluding carboxylic acids is 2. The zero-order valence-electron chi connectivity index (χ0n) is 17.7. The number of nitrogens with zero attached hydrogens (tertiary/aromatic N) is 1. The van der Waals surface area contributed by atoms with Gasteiger partial charge >= 0.3 is 6.09 Å². The zero-order valence-corrected chi connectivity index (χ0v) is 17.7. The Hall–Kier alpha value is -2.89. The van der Waals surface area contributed by atoms with E-state index in [2.05, 4.69) is 24.5 Å². The van der Waals surface area contributed by atoms with Gasteiger partial charge in [0.2, 0.25) is 0 Å². The average molecular weight is 399 g/mol. The molecular formula is C23H32N3O3+. The van der Waals surface area contributed by atoms with Crippen LogP contribution in [0.4, 0.5) is 4.79 Å². The highest BCUT2D eigenvalue weighted by atomic mass is 16.6. The standard InChI is InChI=1S/C23H31N3O3/c1-17(2)14-18(3)24-22(27)21-10-12-26(13-11-21)16-29-23(28)25-19(4)15-20-8-6-5-7-9-20/h5-13,17-19H,14-16H2,1-4H3,(H-,24,25,27,28)/p+1/t18-,19+/m1/s1. The van der Waals surface area contributed by atoms with E-state index in [1.54, 1.807) is 29.1 Å². The van der Waals surface area contributed by atoms with Crippen molar-refractivity contribution in [2.24, 2.45) is 5.92 Å². The van der Waals surface area contributed by atoms with Gasteiger partial charge in [0.15, 0.2) is 12.4 Å². The van der Waals surface area contributed by atoms with Gasteiger partial charge in [0.05, 0.1) is 5.56 Å². The third-order valence-electron chi connectivity index (χ3n) is 4.45. The van der Waals surface area contributed by atoms with Gasteiger partial charge in [-0.1, -0.05) is 44.2 Å². The summed E-state index contributed by atoms with van der Waals surface area (Å²) in [6.45, 7) is 8.29. The fraction of sp³-hybridized carbons (Fsp3) is 0.435. The van der Waals surface area contributed by atoms with E-state index in [0.29, 0.717) is 11.5 Å². The third kappa shape index (κ3) is 8.34. The molecule has 2 N–H and O–H groups in total. The average Bonchev–Trinajstić information content (AvgIpc) is 2.66. The van der Waals surface area contributed by atoms with E-state index in [9.17, 15) is 9.59 Å². The van der Waals surface area contributed by atoms with E-state index < -0.39 is 6.09 Å². The molecule has 1 aromatic carbocycles. The van der Waals surface area contributed by atoms with Crippen LogP contribution in [0.5, 0.6) is 0 Å². The highest BCUT2D eigenvalue weighted by Crippen LogP contribution is 2.05. The lowest BCUT2D eigenvalue weighted by Crippen LogP contribution is -2.41. The SMILES string of the molecule is CC(C)C[C@@H](C)NC(=O)c1cc[n+](COC(=O)N[C@@H](C)Cc2ccccc2)cc1. The van der Waals surface area contributed by atoms with Gasteiger partial charge in [0.25, 0.3) is 12.6 Å². The largest absolute Gasteiger partial charge is 0.412 e. The normalized spacial score (nSPS) is 12.9. The lowest BCUT2D eigenvalue weighted by Gasteiger charge is -2.15. The number of alkyl carbamates (subject to hydrolysis) is 1. The van der Waals surface area contributed by atoms with Crippen molar-refractivity contribution in [1.82, 2.24) is 10.6 Å². The van der Waals surface area contributed by atoms with Crippen LogP contribution in [0.15, 0.2) is 54.9 Å². The van der Waals surface area contributed by atoms with Gasteiger partial charge in [-0.2, -0.15) is 4.57 Å². The number of benzene rings is 1. The van der Waals surface area contributed by atoms with Crippen molar-refractivity contribution >= 4 is 12.0 Å². The molecule has 2 atom stereocenters. The van der Waals surface area contributed by atoms with E-state index in [4.69, 9.17) is 4.74 Å². The molecule has 1 aromatic heterocycles. The van der Waals surface area contributed by atoms with Crippen LogP contribution in [0.25, 0.3) is 0 Å². The molecule has 0 saturated heterocycles. The van der Waals surface area contributed by atoms with Crippen molar-refractivity contribution in [2.75, 3.05) is 0 Å². The minimum atomic E-state index is -0.467. The molecule has 0 spiro atoms. The van der Waals surface area contributed by atoms with E-state index >= 15 is 0 Å². The first-order chi connectivity index (χ1) is 13.8. The number of nitrogens with one attached hydrogen (secondary N) is 2. The summed E-state index contributed by atoms with van der Waals surface area (Å²) in [5, 5.41) is 5.82. The van der Waals surface area contributed by atoms with Crippen molar-refractivity contribution < 1.29 is 18.9 Å². The van der Waals surface area contributed by atoms with E-state index in [1.165, 1.54) is 0 Å². The number of carbonyl (C=O) groups is 2. The topological polar surface area (TPSA) is 71.3 Å². The summed E-state index contributed by atoms with van der Waals surface area (Å²) < 4.78 is 6.96. The molecule has 1 heterocycles. The molecule has 0 fully saturated rings. The number of amides is 2. The predicted octanol–water partition coefficient (Wildman–Crippen LogP) is 3.45. The molecule has 0 aliphatic heterocycles. The van der Waals surface area contributed by atoms with Gasteiger partial charge in [-0.15, -0.1) is 0 Å². The van der Waals surface area contributed by atoms with E-state index in [0.717, 1.165) is 18.4 Å². The molecule has 2 amide bonds. The van der Waals surface area contributed by atoms with Crippen molar-refractivity contribution in [3.8, 4) is 0 Å². The maximum Gasteiger partial charge on any atom is 0.412 e. The molecule has 6 heteroatoms. The molecule has 2 aromatic rings. The number of pyridine rings is 1. The molecule has 0 aliphatic carbocycles. The highest BCUT2D eigenvalue weighted by molar-refractivity contribution is 5.94. The molecule has 0 saturated carbocycles. The summed E-state index contributed by atoms with van der Waals surface area (Å²) in [4.78, 5) is 24.3. The van der Waals surface area contributed by atoms with Gasteiger partial charge in [0.1, 0.15) is 0 Å². The van der Waals surface area contributed by atoms with Crippen molar-refractivity contribution in [1.29, 1.82) is 0 Å². The van der Waals surface area contributed by atoms with Gasteiger partial charge in [-0.3, -0.25) is 4.79 Å². The van der Waals surface area contributed by atoms with Gasteiger partial charge in [-0.25, -0.2) is 4.79 Å². The van der Waals surface area contributed by atoms with Gasteiger partial charge in [0, 0.05) is 24.2 Å². The summed E-state index contributed by atoms with van der Waals surface area (Å²) >= 11 is 0. The van der Waals surface area contributed by atoms with Crippen molar-refractivity contribution in [3.63, 3.8) is 0 Å². The number of ether oxygens (including phenoxy) is 1. The van der Waals surface area contributed by atoms with Crippen molar-refractivity contribution in [2.45, 2.75) is 59.4 Å². The summed E-state index contributed by atoms with van der Waals surface area (Å²) in [7, 11) is 0. The zero-order chi connectivity index (χ0) is 21.2. The van der Waals surface area contributed by atoms with Crippen LogP contribution in [-0.2, 0) is 17.9 Å². The summed E-state index contributed by atoms with van der Waals surface area (Å²) in [5.74, 6) is 0.431. The van der Waals surface area contributed by atoms with Crippen LogP contribution < -0.4 is 15.2 Å². The summed E-state index contributed by atoms with van der Waals surface area (Å²) in [6, 6.07) is 13.5. The summed E-state index contributed by atoms with van der Waals surface area (Å²) in [6.07, 6.45) is 4.66. The van der Waals surface area contributed by atoms with Crippen LogP contribution in [-0.4, -0.2) is 24.1 Å². The number of hydrogen-bond acceptors (Lipinski definition) is 3. The first-order valence-corrected chi connectivity index (χ1v) is 10.1. The van der Waals surface area contributed by atoms with Gasteiger partial charge in [-0.05, 0) is 38.2 Å². The second-order valence-electron chi connectivity index (χ2n) is 7.90. The molecule has 0 bridgehead atoms. The van der Waals surface area contributed by atoms with Crippen LogP contribution >= 0.6 is 0 Å². The Morgan fingerprint density at radius 3 is 2.21 bits per heavy atom. The smallest absolute Gasteiger partial charge is 0.388 e. The number of rotatable bonds is 9. The molecule has 29 heavy (non-hydrogen) atoms. The Morgan fingerprint density at radius 1 is 0.931 bits per heavy atom. The van der Waals surface area contributed by atoms with E-state index in [1.807, 2.05) is 44.2 Å². The quantitative estimate of drug-likeness (QED) is 0.636. The second-order valence-corrected chi connectivity index (χ2v) is 7.90. The maximum absolute atomic E-state index is 12.3. The number of hydrogen-bond donors (Lipinski definition) is 2. The minimum Gasteiger partial charge on any atom is -0.388 e. The Morgan fingerprint density at radius 2 is 1.59 bits per heavy atom. The Bertz CT molecular complexity index is 776. The Labute approximate surface area is 173 Å². The van der Waals surface area contributed by atoms with E-state index in [-0.39, 0.29) is 24.7 Å². The maximum atomic E-state index is 12.3. The highest BCUT2D eigenvalue weighted by Gasteiger charge is 2.14. The fourth-order valence-corrected chi connectivity index (χ4v) is 3.16. The monoisotopic (exact) mass is 398 g/mol. The molecule has 0 aliphatic rings. The first kappa shape index (κ1) is 22.4. The first-order valence-electron chi connectivity index (χ1n) is 10.1. The van der Waals surface area contributed by atoms with Crippen LogP contribution in [0.1, 0.15) is 50.0 Å². The second kappa shape index (κ2) is 11.2. The molecule has 2 rings (SSSR count). The van der Waals surface area contributed by atoms with Crippen LogP contribution in [0.2, 0.25) is 0 Å². The van der Waals surface area contributed by atoms with Crippen LogP contribution in [0, 0.1) is 5.92 Å². The molecular weight excluding hydrogens is 366 g/mol. The molecule has 0 radical (unpaired) electrons. The third-order valence-corrected chi connectivity index (χ3v) is 4.45. The lowest BCUT2D eigenvalue weighted by atomic mass is 10.1. The lowest BCUT2D eigenvalue weighted by molar-refractivity contribution is -0.727. The minimum absolute atomic E-state index is 0.0335. The molecule has 156 valence electrons. The van der Waals surface area contributed by atoms with Crippen molar-refractivity contribution in [3.05, 3.63) is 66.0 Å². The molecule has 6 nitrogen and oxygen atoms in total. The van der Waals surface area contributed by atoms with Crippen LogP contribution in [0.3, 0.4) is 0 Å². The Kier molecular flexibility index (Phi) is 8.65. The molecule has 0 unspecified atom stereocenters. The fourth-order valence-electron chi connectivity index (χ4n) is 3.16. The Balaban J connectivity index is 1.76.